The molecule has 0 unspecified atom stereocenters. The largest absolute Gasteiger partial charge is 0.360 e. The summed E-state index contributed by atoms with van der Waals surface area (Å²) in [7, 11) is 0. The number of rotatable bonds is 3. The third kappa shape index (κ3) is 2.02. The van der Waals surface area contributed by atoms with Crippen LogP contribution in [0.4, 0.5) is 10.6 Å². The highest BCUT2D eigenvalue weighted by Gasteiger charge is 2.47. The molecule has 3 heterocycles. The number of hydrogen-bond donors (Lipinski definition) is 1. The molecule has 20 heavy (non-hydrogen) atoms. The number of aromatic nitrogens is 1. The van der Waals surface area contributed by atoms with Gasteiger partial charge in [-0.25, -0.2) is 4.79 Å². The lowest BCUT2D eigenvalue weighted by Crippen LogP contribution is -2.39. The van der Waals surface area contributed by atoms with Crippen LogP contribution >= 0.6 is 0 Å². The summed E-state index contributed by atoms with van der Waals surface area (Å²) in [5, 5.41) is 6.11. The average molecular weight is 278 g/mol. The van der Waals surface area contributed by atoms with E-state index < -0.39 is 5.91 Å². The van der Waals surface area contributed by atoms with E-state index in [4.69, 9.17) is 4.52 Å². The van der Waals surface area contributed by atoms with Crippen molar-refractivity contribution >= 4 is 23.7 Å². The number of hydrogen-bond acceptors (Lipinski definition) is 5. The monoisotopic (exact) mass is 278 g/mol. The molecular weight excluding hydrogens is 264 g/mol. The minimum Gasteiger partial charge on any atom is -0.360 e. The van der Waals surface area contributed by atoms with Crippen LogP contribution in [0.2, 0.25) is 0 Å². The van der Waals surface area contributed by atoms with Gasteiger partial charge in [0, 0.05) is 12.6 Å². The Morgan fingerprint density at radius 3 is 3.00 bits per heavy atom. The Kier molecular flexibility index (Phi) is 2.92. The van der Waals surface area contributed by atoms with Crippen LogP contribution in [0.15, 0.2) is 10.6 Å². The smallest absolute Gasteiger partial charge is 0.327 e. The van der Waals surface area contributed by atoms with Gasteiger partial charge in [-0.1, -0.05) is 5.16 Å². The van der Waals surface area contributed by atoms with Crippen LogP contribution in [0, 0.1) is 6.92 Å². The van der Waals surface area contributed by atoms with Crippen molar-refractivity contribution in [3.05, 3.63) is 11.8 Å². The zero-order valence-electron chi connectivity index (χ0n) is 11.0. The summed E-state index contributed by atoms with van der Waals surface area (Å²) in [5.41, 5.74) is 0. The quantitative estimate of drug-likeness (QED) is 0.805. The fourth-order valence-electron chi connectivity index (χ4n) is 2.58. The standard InChI is InChI=1S/C12H14N4O4/c1-7-5-9(14-20-7)13-10(17)6-16-11(18)8-3-2-4-15(8)12(16)19/h5,8H,2-4,6H2,1H3,(H,13,14,17)/t8-/m1/s1. The lowest BCUT2D eigenvalue weighted by molar-refractivity contribution is -0.131. The number of amides is 4. The molecular formula is C12H14N4O4. The Morgan fingerprint density at radius 1 is 1.55 bits per heavy atom. The lowest BCUT2D eigenvalue weighted by Gasteiger charge is -2.14. The maximum absolute atomic E-state index is 12.0. The minimum atomic E-state index is -0.471. The molecule has 8 nitrogen and oxygen atoms in total. The van der Waals surface area contributed by atoms with E-state index in [0.29, 0.717) is 18.7 Å². The fraction of sp³-hybridized carbons (Fsp3) is 0.500. The van der Waals surface area contributed by atoms with Crippen molar-refractivity contribution in [2.24, 2.45) is 0 Å². The number of fused-ring (bicyclic) bond motifs is 1. The van der Waals surface area contributed by atoms with E-state index in [2.05, 4.69) is 10.5 Å². The molecule has 3 rings (SSSR count). The second kappa shape index (κ2) is 4.62. The molecule has 2 saturated heterocycles. The molecule has 2 aliphatic heterocycles. The summed E-state index contributed by atoms with van der Waals surface area (Å²) in [5.74, 6) is 0.0709. The number of carbonyl (C=O) groups excluding carboxylic acids is 3. The summed E-state index contributed by atoms with van der Waals surface area (Å²) in [6.45, 7) is 1.98. The number of nitrogens with zero attached hydrogens (tertiary/aromatic N) is 3. The first-order valence-electron chi connectivity index (χ1n) is 6.41. The van der Waals surface area contributed by atoms with Gasteiger partial charge in [-0.2, -0.15) is 0 Å². The predicted octanol–water partition coefficient (Wildman–Crippen LogP) is 0.348. The third-order valence-electron chi connectivity index (χ3n) is 3.48. The average Bonchev–Trinajstić information content (AvgIpc) is 3.07. The summed E-state index contributed by atoms with van der Waals surface area (Å²) in [6.07, 6.45) is 1.51. The zero-order valence-corrected chi connectivity index (χ0v) is 11.0. The van der Waals surface area contributed by atoms with Crippen molar-refractivity contribution in [2.75, 3.05) is 18.4 Å². The van der Waals surface area contributed by atoms with Crippen LogP contribution in [0.25, 0.3) is 0 Å². The van der Waals surface area contributed by atoms with Gasteiger partial charge in [-0.05, 0) is 19.8 Å². The zero-order chi connectivity index (χ0) is 14.3. The van der Waals surface area contributed by atoms with Crippen molar-refractivity contribution in [2.45, 2.75) is 25.8 Å². The van der Waals surface area contributed by atoms with E-state index in [1.807, 2.05) is 0 Å². The summed E-state index contributed by atoms with van der Waals surface area (Å²) in [6, 6.07) is 0.789. The molecule has 2 aliphatic rings. The Balaban J connectivity index is 1.64. The van der Waals surface area contributed by atoms with Gasteiger partial charge in [0.2, 0.25) is 5.91 Å². The van der Waals surface area contributed by atoms with Crippen LogP contribution < -0.4 is 5.32 Å². The van der Waals surface area contributed by atoms with E-state index in [1.54, 1.807) is 13.0 Å². The molecule has 1 aromatic heterocycles. The number of carbonyl (C=O) groups is 3. The Labute approximate surface area is 114 Å². The van der Waals surface area contributed by atoms with Crippen LogP contribution in [-0.4, -0.2) is 51.9 Å². The van der Waals surface area contributed by atoms with Gasteiger partial charge in [-0.3, -0.25) is 14.5 Å². The second-order valence-electron chi connectivity index (χ2n) is 4.93. The fourth-order valence-corrected chi connectivity index (χ4v) is 2.58. The SMILES string of the molecule is Cc1cc(NC(=O)CN2C(=O)[C@H]3CCCN3C2=O)no1. The van der Waals surface area contributed by atoms with Crippen LogP contribution in [0.1, 0.15) is 18.6 Å². The molecule has 106 valence electrons. The van der Waals surface area contributed by atoms with Crippen molar-refractivity contribution in [3.63, 3.8) is 0 Å². The topological polar surface area (TPSA) is 95.8 Å². The van der Waals surface area contributed by atoms with Gasteiger partial charge in [0.25, 0.3) is 5.91 Å². The highest BCUT2D eigenvalue weighted by Crippen LogP contribution is 2.27. The molecule has 8 heteroatoms. The van der Waals surface area contributed by atoms with Gasteiger partial charge in [0.1, 0.15) is 18.3 Å². The normalized spacial score (nSPS) is 21.6. The maximum Gasteiger partial charge on any atom is 0.327 e. The molecule has 0 radical (unpaired) electrons. The molecule has 1 N–H and O–H groups in total. The minimum absolute atomic E-state index is 0.270. The first-order valence-corrected chi connectivity index (χ1v) is 6.41. The number of urea groups is 1. The van der Waals surface area contributed by atoms with E-state index in [1.165, 1.54) is 4.90 Å². The Bertz CT molecular complexity index is 560. The molecule has 0 spiro atoms. The van der Waals surface area contributed by atoms with Gasteiger partial charge in [-0.15, -0.1) is 0 Å². The number of nitrogens with one attached hydrogen (secondary N) is 1. The first-order chi connectivity index (χ1) is 9.56. The van der Waals surface area contributed by atoms with Crippen molar-refractivity contribution < 1.29 is 18.9 Å². The molecule has 0 saturated carbocycles. The summed E-state index contributed by atoms with van der Waals surface area (Å²) < 4.78 is 4.82. The van der Waals surface area contributed by atoms with Crippen molar-refractivity contribution in [1.29, 1.82) is 0 Å². The summed E-state index contributed by atoms with van der Waals surface area (Å²) >= 11 is 0. The van der Waals surface area contributed by atoms with Gasteiger partial charge in [0.15, 0.2) is 5.82 Å². The molecule has 0 aromatic carbocycles. The van der Waals surface area contributed by atoms with Gasteiger partial charge in [0.05, 0.1) is 0 Å². The van der Waals surface area contributed by atoms with E-state index in [0.717, 1.165) is 11.3 Å². The van der Waals surface area contributed by atoms with E-state index in [9.17, 15) is 14.4 Å². The Morgan fingerprint density at radius 2 is 2.35 bits per heavy atom. The highest BCUT2D eigenvalue weighted by atomic mass is 16.5. The highest BCUT2D eigenvalue weighted by molar-refractivity contribution is 6.08. The number of imide groups is 1. The number of anilines is 1. The van der Waals surface area contributed by atoms with Crippen LogP contribution in [0.5, 0.6) is 0 Å². The molecule has 1 aromatic rings. The van der Waals surface area contributed by atoms with E-state index in [-0.39, 0.29) is 30.3 Å². The first kappa shape index (κ1) is 12.6. The van der Waals surface area contributed by atoms with Crippen molar-refractivity contribution in [1.82, 2.24) is 15.0 Å². The second-order valence-corrected chi connectivity index (χ2v) is 4.93. The molecule has 0 bridgehead atoms. The number of aryl methyl sites for hydroxylation is 1. The Hall–Kier alpha value is -2.38. The summed E-state index contributed by atoms with van der Waals surface area (Å²) in [4.78, 5) is 38.4. The third-order valence-corrected chi connectivity index (χ3v) is 3.48. The molecule has 0 aliphatic carbocycles. The van der Waals surface area contributed by atoms with Gasteiger partial charge >= 0.3 is 6.03 Å². The predicted molar refractivity (Wildman–Crippen MR) is 66.7 cm³/mol. The van der Waals surface area contributed by atoms with Crippen LogP contribution in [0.3, 0.4) is 0 Å². The van der Waals surface area contributed by atoms with Crippen molar-refractivity contribution in [3.8, 4) is 0 Å². The van der Waals surface area contributed by atoms with Crippen LogP contribution in [-0.2, 0) is 9.59 Å². The lowest BCUT2D eigenvalue weighted by atomic mass is 10.2. The molecule has 2 fully saturated rings. The van der Waals surface area contributed by atoms with E-state index >= 15 is 0 Å². The molecule has 4 amide bonds. The molecule has 1 atom stereocenters. The maximum atomic E-state index is 12.0. The van der Waals surface area contributed by atoms with Gasteiger partial charge < -0.3 is 14.7 Å².